The van der Waals surface area contributed by atoms with Crippen LogP contribution in [0.5, 0.6) is 0 Å². The maximum Gasteiger partial charge on any atom is 1.00 e. The van der Waals surface area contributed by atoms with Crippen molar-refractivity contribution in [1.82, 2.24) is 11.0 Å². The van der Waals surface area contributed by atoms with Crippen molar-refractivity contribution in [2.45, 2.75) is 54.1 Å². The van der Waals surface area contributed by atoms with Crippen LogP contribution in [0.1, 0.15) is 48.5 Å². The molecule has 1 fully saturated rings. The van der Waals surface area contributed by atoms with Crippen LogP contribution in [0.2, 0.25) is 0 Å². The quantitative estimate of drug-likeness (QED) is 0.132. The summed E-state index contributed by atoms with van der Waals surface area (Å²) in [6, 6.07) is -0.940. The molecule has 1 aliphatic heterocycles. The topological polar surface area (TPSA) is 163 Å². The summed E-state index contributed by atoms with van der Waals surface area (Å²) in [5.41, 5.74) is 8.40. The van der Waals surface area contributed by atoms with Crippen LogP contribution >= 0.6 is 0 Å². The van der Waals surface area contributed by atoms with Gasteiger partial charge in [0.15, 0.2) is 0 Å². The second-order valence-corrected chi connectivity index (χ2v) is 5.01. The molecule has 26 heavy (non-hydrogen) atoms. The first kappa shape index (κ1) is 35.9. The molecule has 1 saturated heterocycles. The fraction of sp³-hybridized carbons (Fsp3) is 0.667. The molecule has 11 heteroatoms. The van der Waals surface area contributed by atoms with Gasteiger partial charge in [0.2, 0.25) is 5.91 Å². The number of nitrogens with two attached hydrogens (primary N) is 1. The molecule has 3 amide bonds. The third kappa shape index (κ3) is 30.7. The van der Waals surface area contributed by atoms with E-state index < -0.39 is 6.03 Å². The number of rotatable bonds is 2. The van der Waals surface area contributed by atoms with E-state index >= 15 is 0 Å². The fourth-order valence-electron chi connectivity index (χ4n) is 1.07. The standard InChI is InChI=1S/C7H12O2.C5H9NO2.CH4N2O2.CH3O.CH4.Na/c1-4-9-7(8)5-6(2)3;1-5(2)3-4(7)6-8-5;2-1(4)3-5;1-2;;/h5H,4H2,1-3H3;3H2,1-2H3,(H,6,7);5H,(H3,2,3,4);1H3;1H4;/q;;;-1;;+1. The number of ether oxygens (including phenoxy) is 1. The van der Waals surface area contributed by atoms with Crippen molar-refractivity contribution in [3.8, 4) is 0 Å². The minimum absolute atomic E-state index is 0. The van der Waals surface area contributed by atoms with Crippen molar-refractivity contribution < 1.29 is 63.8 Å². The summed E-state index contributed by atoms with van der Waals surface area (Å²) in [5, 5.41) is 15.7. The smallest absolute Gasteiger partial charge is 0.857 e. The van der Waals surface area contributed by atoms with E-state index in [1.165, 1.54) is 11.6 Å². The fourth-order valence-corrected chi connectivity index (χ4v) is 1.07. The number of carbonyl (C=O) groups excluding carboxylic acids is 3. The van der Waals surface area contributed by atoms with Crippen LogP contribution in [-0.2, 0) is 19.2 Å². The number of amides is 3. The number of primary amides is 1. The van der Waals surface area contributed by atoms with Crippen LogP contribution in [0.15, 0.2) is 11.6 Å². The zero-order valence-electron chi connectivity index (χ0n) is 16.0. The van der Waals surface area contributed by atoms with E-state index in [1.54, 1.807) is 6.92 Å². The summed E-state index contributed by atoms with van der Waals surface area (Å²) in [4.78, 5) is 35.1. The zero-order valence-corrected chi connectivity index (χ0v) is 18.0. The first-order valence-electron chi connectivity index (χ1n) is 6.93. The number of urea groups is 1. The number of hydrogen-bond acceptors (Lipinski definition) is 7. The van der Waals surface area contributed by atoms with Crippen molar-refractivity contribution in [3.63, 3.8) is 0 Å². The van der Waals surface area contributed by atoms with Gasteiger partial charge in [-0.15, -0.1) is 0 Å². The molecule has 0 aromatic carbocycles. The Labute approximate surface area is 177 Å². The van der Waals surface area contributed by atoms with E-state index in [0.717, 1.165) is 12.7 Å². The van der Waals surface area contributed by atoms with Gasteiger partial charge < -0.3 is 15.6 Å². The summed E-state index contributed by atoms with van der Waals surface area (Å²) in [7, 11) is 0.750. The van der Waals surface area contributed by atoms with E-state index in [2.05, 4.69) is 16.0 Å². The van der Waals surface area contributed by atoms with Crippen LogP contribution < -0.4 is 51.4 Å². The van der Waals surface area contributed by atoms with E-state index in [1.807, 2.05) is 27.7 Å². The number of nitrogens with one attached hydrogen (secondary N) is 2. The molecule has 150 valence electrons. The molecule has 10 nitrogen and oxygen atoms in total. The maximum absolute atomic E-state index is 10.6. The molecule has 1 heterocycles. The second-order valence-electron chi connectivity index (χ2n) is 5.01. The van der Waals surface area contributed by atoms with Gasteiger partial charge in [0.05, 0.1) is 18.6 Å². The Morgan fingerprint density at radius 1 is 1.42 bits per heavy atom. The van der Waals surface area contributed by atoms with Crippen molar-refractivity contribution in [2.24, 2.45) is 5.73 Å². The Kier molecular flexibility index (Phi) is 30.2. The van der Waals surface area contributed by atoms with Gasteiger partial charge in [-0.2, -0.15) is 7.11 Å². The molecule has 0 atom stereocenters. The Balaban J connectivity index is -0.0000000803. The average Bonchev–Trinajstić information content (AvgIpc) is 2.79. The molecule has 0 unspecified atom stereocenters. The number of carbonyl (C=O) groups is 3. The van der Waals surface area contributed by atoms with Gasteiger partial charge in [-0.3, -0.25) is 14.8 Å². The van der Waals surface area contributed by atoms with Crippen LogP contribution in [0, 0.1) is 0 Å². The van der Waals surface area contributed by atoms with Crippen LogP contribution in [0.4, 0.5) is 4.79 Å². The molecule has 1 rings (SSSR count). The van der Waals surface area contributed by atoms with E-state index in [-0.39, 0.29) is 54.5 Å². The van der Waals surface area contributed by atoms with Gasteiger partial charge in [-0.1, -0.05) is 13.0 Å². The first-order valence-corrected chi connectivity index (χ1v) is 6.93. The summed E-state index contributed by atoms with van der Waals surface area (Å²) in [6.45, 7) is 9.68. The number of allylic oxidation sites excluding steroid dienone is 1. The summed E-state index contributed by atoms with van der Waals surface area (Å²) in [5.74, 6) is -0.285. The van der Waals surface area contributed by atoms with Gasteiger partial charge >= 0.3 is 41.6 Å². The van der Waals surface area contributed by atoms with Gasteiger partial charge in [-0.25, -0.2) is 20.5 Å². The van der Waals surface area contributed by atoms with Crippen LogP contribution in [0.3, 0.4) is 0 Å². The molecule has 0 aliphatic carbocycles. The third-order valence-corrected chi connectivity index (χ3v) is 1.83. The van der Waals surface area contributed by atoms with Crippen molar-refractivity contribution in [3.05, 3.63) is 11.6 Å². The number of hydrogen-bond donors (Lipinski definition) is 4. The number of hydroxylamine groups is 2. The molecular weight excluding hydrogens is 357 g/mol. The van der Waals surface area contributed by atoms with Crippen LogP contribution in [0.25, 0.3) is 0 Å². The van der Waals surface area contributed by atoms with Crippen molar-refractivity contribution >= 4 is 17.9 Å². The molecule has 0 bridgehead atoms. The molecule has 5 N–H and O–H groups in total. The zero-order chi connectivity index (χ0) is 19.8. The molecule has 0 radical (unpaired) electrons. The Morgan fingerprint density at radius 3 is 2.00 bits per heavy atom. The van der Waals surface area contributed by atoms with Gasteiger partial charge in [0, 0.05) is 6.08 Å². The Bertz CT molecular complexity index is 412. The second kappa shape index (κ2) is 21.9. The molecule has 0 aromatic heterocycles. The van der Waals surface area contributed by atoms with Crippen molar-refractivity contribution in [2.75, 3.05) is 13.7 Å². The summed E-state index contributed by atoms with van der Waals surface area (Å²) < 4.78 is 4.64. The SMILES string of the molecule is C.CC1(C)CC(=O)NO1.CCOC(=O)C=C(C)C.C[O-].NC(=O)NO.[Na+]. The normalized spacial score (nSPS) is 12.2. The molecule has 0 aromatic rings. The average molecular weight is 389 g/mol. The third-order valence-electron chi connectivity index (χ3n) is 1.83. The monoisotopic (exact) mass is 389 g/mol. The van der Waals surface area contributed by atoms with Gasteiger partial charge in [0.25, 0.3) is 0 Å². The largest absolute Gasteiger partial charge is 1.00 e. The van der Waals surface area contributed by atoms with Gasteiger partial charge in [0.1, 0.15) is 0 Å². The van der Waals surface area contributed by atoms with E-state index in [4.69, 9.17) is 15.2 Å². The Morgan fingerprint density at radius 2 is 1.85 bits per heavy atom. The molecule has 0 spiro atoms. The predicted octanol–water partition coefficient (Wildman–Crippen LogP) is -2.61. The molecule has 0 saturated carbocycles. The predicted molar refractivity (Wildman–Crippen MR) is 91.1 cm³/mol. The van der Waals surface area contributed by atoms with E-state index in [0.29, 0.717) is 13.0 Å². The molecular formula is C15H32N3NaO7. The van der Waals surface area contributed by atoms with E-state index in [9.17, 15) is 14.4 Å². The van der Waals surface area contributed by atoms with Gasteiger partial charge in [-0.05, 0) is 34.6 Å². The minimum Gasteiger partial charge on any atom is -0.857 e. The first-order chi connectivity index (χ1) is 11.0. The van der Waals surface area contributed by atoms with Crippen molar-refractivity contribution in [1.29, 1.82) is 0 Å². The Hall–Kier alpha value is -1.17. The number of esters is 1. The minimum atomic E-state index is -0.940. The van der Waals surface area contributed by atoms with Crippen LogP contribution in [-0.4, -0.2) is 42.4 Å². The molecule has 1 aliphatic rings. The summed E-state index contributed by atoms with van der Waals surface area (Å²) in [6.07, 6.45) is 1.94. The summed E-state index contributed by atoms with van der Waals surface area (Å²) >= 11 is 0. The maximum atomic E-state index is 10.6.